The molecule has 0 saturated heterocycles. The Bertz CT molecular complexity index is 355. The molecule has 0 bridgehead atoms. The third-order valence-electron chi connectivity index (χ3n) is 2.17. The topological polar surface area (TPSA) is 75.7 Å². The predicted molar refractivity (Wildman–Crippen MR) is 61.0 cm³/mol. The Hall–Kier alpha value is -0.780. The highest BCUT2D eigenvalue weighted by Gasteiger charge is 2.19. The fourth-order valence-electron chi connectivity index (χ4n) is 1.26. The molecule has 2 atom stereocenters. The van der Waals surface area contributed by atoms with Crippen molar-refractivity contribution in [2.75, 3.05) is 7.11 Å². The van der Waals surface area contributed by atoms with Crippen molar-refractivity contribution in [3.8, 4) is 11.5 Å². The molecule has 0 unspecified atom stereocenters. The second kappa shape index (κ2) is 4.83. The summed E-state index contributed by atoms with van der Waals surface area (Å²) in [4.78, 5) is 0. The summed E-state index contributed by atoms with van der Waals surface area (Å²) in [5.74, 6) is 0.296. The van der Waals surface area contributed by atoms with Crippen molar-refractivity contribution in [1.82, 2.24) is 0 Å². The van der Waals surface area contributed by atoms with Gasteiger partial charge in [-0.15, -0.1) is 0 Å². The van der Waals surface area contributed by atoms with Gasteiger partial charge in [0, 0.05) is 10.0 Å². The maximum Gasteiger partial charge on any atom is 0.162 e. The van der Waals surface area contributed by atoms with Crippen molar-refractivity contribution in [3.63, 3.8) is 0 Å². The van der Waals surface area contributed by atoms with Gasteiger partial charge in [-0.3, -0.25) is 0 Å². The van der Waals surface area contributed by atoms with E-state index in [1.807, 2.05) is 0 Å². The minimum atomic E-state index is -0.741. The van der Waals surface area contributed by atoms with Gasteiger partial charge in [0.1, 0.15) is 0 Å². The number of phenolic OH excluding ortho intramolecular Hbond substituents is 1. The van der Waals surface area contributed by atoms with Gasteiger partial charge < -0.3 is 20.7 Å². The molecule has 0 aliphatic carbocycles. The van der Waals surface area contributed by atoms with Crippen LogP contribution in [0.5, 0.6) is 11.5 Å². The predicted octanol–water partition coefficient (Wildman–Crippen LogP) is 1.54. The van der Waals surface area contributed by atoms with Crippen LogP contribution in [-0.2, 0) is 0 Å². The Morgan fingerprint density at radius 2 is 2.07 bits per heavy atom. The van der Waals surface area contributed by atoms with Gasteiger partial charge in [0.05, 0.1) is 19.3 Å². The van der Waals surface area contributed by atoms with E-state index < -0.39 is 12.1 Å². The molecule has 0 radical (unpaired) electrons. The fraction of sp³-hybridized carbons (Fsp3) is 0.400. The monoisotopic (exact) mass is 275 g/mol. The molecule has 15 heavy (non-hydrogen) atoms. The fourth-order valence-corrected chi connectivity index (χ4v) is 1.72. The Balaban J connectivity index is 3.22. The molecule has 4 N–H and O–H groups in total. The molecule has 0 aliphatic heterocycles. The molecule has 84 valence electrons. The van der Waals surface area contributed by atoms with Crippen LogP contribution in [-0.4, -0.2) is 23.4 Å². The summed E-state index contributed by atoms with van der Waals surface area (Å²) < 4.78 is 5.72. The molecular formula is C10H14BrNO3. The average Bonchev–Trinajstić information content (AvgIpc) is 2.19. The molecule has 1 aromatic rings. The Labute approximate surface area is 96.8 Å². The lowest BCUT2D eigenvalue weighted by atomic mass is 10.0. The smallest absolute Gasteiger partial charge is 0.162 e. The van der Waals surface area contributed by atoms with E-state index in [0.29, 0.717) is 11.3 Å². The molecule has 0 amide bonds. The number of hydrogen-bond donors (Lipinski definition) is 3. The molecule has 0 heterocycles. The summed E-state index contributed by atoms with van der Waals surface area (Å²) in [5, 5.41) is 19.2. The third kappa shape index (κ3) is 2.62. The molecule has 0 aliphatic rings. The second-order valence-electron chi connectivity index (χ2n) is 3.31. The van der Waals surface area contributed by atoms with Crippen LogP contribution in [0, 0.1) is 0 Å². The van der Waals surface area contributed by atoms with E-state index in [2.05, 4.69) is 15.9 Å². The van der Waals surface area contributed by atoms with Gasteiger partial charge >= 0.3 is 0 Å². The number of methoxy groups -OCH3 is 1. The van der Waals surface area contributed by atoms with Gasteiger partial charge in [-0.1, -0.05) is 15.9 Å². The van der Waals surface area contributed by atoms with Gasteiger partial charge in [0.25, 0.3) is 0 Å². The largest absolute Gasteiger partial charge is 0.504 e. The molecule has 5 heteroatoms. The van der Waals surface area contributed by atoms with Gasteiger partial charge in [-0.25, -0.2) is 0 Å². The third-order valence-corrected chi connectivity index (χ3v) is 2.63. The van der Waals surface area contributed by atoms with Crippen molar-refractivity contribution >= 4 is 15.9 Å². The number of phenols is 1. The number of ether oxygens (including phenoxy) is 1. The number of aromatic hydroxyl groups is 1. The number of aliphatic hydroxyl groups excluding tert-OH is 1. The molecule has 0 fully saturated rings. The zero-order valence-electron chi connectivity index (χ0n) is 8.57. The molecule has 1 aromatic carbocycles. The Kier molecular flexibility index (Phi) is 3.96. The van der Waals surface area contributed by atoms with Crippen molar-refractivity contribution in [1.29, 1.82) is 0 Å². The maximum absolute atomic E-state index is 9.80. The van der Waals surface area contributed by atoms with E-state index in [0.717, 1.165) is 4.47 Å². The molecule has 4 nitrogen and oxygen atoms in total. The van der Waals surface area contributed by atoms with Gasteiger partial charge in [0.2, 0.25) is 0 Å². The summed E-state index contributed by atoms with van der Waals surface area (Å²) in [7, 11) is 1.46. The lowest BCUT2D eigenvalue weighted by Crippen LogP contribution is -2.23. The van der Waals surface area contributed by atoms with Gasteiger partial charge in [0.15, 0.2) is 11.5 Å². The standard InChI is InChI=1S/C10H14BrNO3/c1-5(13)9(12)7-3-6(11)4-8(15-2)10(7)14/h3-5,9,13-14H,12H2,1-2H3/t5-,9-/m0/s1. The number of hydrogen-bond acceptors (Lipinski definition) is 4. The molecule has 0 spiro atoms. The van der Waals surface area contributed by atoms with E-state index in [4.69, 9.17) is 10.5 Å². The summed E-state index contributed by atoms with van der Waals surface area (Å²) in [6.45, 7) is 1.57. The van der Waals surface area contributed by atoms with Crippen LogP contribution in [0.2, 0.25) is 0 Å². The first-order valence-corrected chi connectivity index (χ1v) is 5.26. The lowest BCUT2D eigenvalue weighted by molar-refractivity contribution is 0.162. The van der Waals surface area contributed by atoms with E-state index in [1.165, 1.54) is 7.11 Å². The van der Waals surface area contributed by atoms with E-state index in [1.54, 1.807) is 19.1 Å². The highest BCUT2D eigenvalue weighted by atomic mass is 79.9. The molecule has 0 saturated carbocycles. The van der Waals surface area contributed by atoms with Crippen molar-refractivity contribution in [2.45, 2.75) is 19.1 Å². The molecule has 0 aromatic heterocycles. The zero-order chi connectivity index (χ0) is 11.6. The van der Waals surface area contributed by atoms with Crippen LogP contribution in [0.1, 0.15) is 18.5 Å². The highest BCUT2D eigenvalue weighted by Crippen LogP contribution is 2.36. The SMILES string of the molecule is COc1cc(Br)cc([C@@H](N)[C@H](C)O)c1O. The Morgan fingerprint density at radius 1 is 1.47 bits per heavy atom. The number of halogens is 1. The summed E-state index contributed by atoms with van der Waals surface area (Å²) >= 11 is 3.28. The average molecular weight is 276 g/mol. The van der Waals surface area contributed by atoms with Crippen molar-refractivity contribution in [2.24, 2.45) is 5.73 Å². The van der Waals surface area contributed by atoms with Gasteiger partial charge in [-0.05, 0) is 19.1 Å². The van der Waals surface area contributed by atoms with Crippen molar-refractivity contribution in [3.05, 3.63) is 22.2 Å². The number of rotatable bonds is 3. The first-order chi connectivity index (χ1) is 6.97. The van der Waals surface area contributed by atoms with Crippen LogP contribution in [0.25, 0.3) is 0 Å². The Morgan fingerprint density at radius 3 is 2.53 bits per heavy atom. The number of aliphatic hydroxyl groups is 1. The minimum Gasteiger partial charge on any atom is -0.504 e. The van der Waals surface area contributed by atoms with E-state index in [-0.39, 0.29) is 5.75 Å². The van der Waals surface area contributed by atoms with Gasteiger partial charge in [-0.2, -0.15) is 0 Å². The lowest BCUT2D eigenvalue weighted by Gasteiger charge is -2.18. The summed E-state index contributed by atoms with van der Waals surface area (Å²) in [6, 6.07) is 2.65. The minimum absolute atomic E-state index is 0.0332. The molecular weight excluding hydrogens is 262 g/mol. The zero-order valence-corrected chi connectivity index (χ0v) is 10.2. The van der Waals surface area contributed by atoms with Crippen molar-refractivity contribution < 1.29 is 14.9 Å². The normalized spacial score (nSPS) is 14.7. The first kappa shape index (κ1) is 12.3. The van der Waals surface area contributed by atoms with Crippen LogP contribution in [0.15, 0.2) is 16.6 Å². The van der Waals surface area contributed by atoms with Crippen LogP contribution in [0.4, 0.5) is 0 Å². The van der Waals surface area contributed by atoms with Crippen LogP contribution >= 0.6 is 15.9 Å². The summed E-state index contributed by atoms with van der Waals surface area (Å²) in [6.07, 6.45) is -0.741. The van der Waals surface area contributed by atoms with E-state index >= 15 is 0 Å². The van der Waals surface area contributed by atoms with Crippen LogP contribution < -0.4 is 10.5 Å². The van der Waals surface area contributed by atoms with Crippen LogP contribution in [0.3, 0.4) is 0 Å². The maximum atomic E-state index is 9.80. The second-order valence-corrected chi connectivity index (χ2v) is 4.23. The first-order valence-electron chi connectivity index (χ1n) is 4.47. The quantitative estimate of drug-likeness (QED) is 0.782. The highest BCUT2D eigenvalue weighted by molar-refractivity contribution is 9.10. The summed E-state index contributed by atoms with van der Waals surface area (Å²) in [5.41, 5.74) is 6.20. The number of benzene rings is 1. The van der Waals surface area contributed by atoms with E-state index in [9.17, 15) is 10.2 Å². The molecule has 1 rings (SSSR count). The number of nitrogens with two attached hydrogens (primary N) is 1.